The van der Waals surface area contributed by atoms with Gasteiger partial charge in [-0.1, -0.05) is 0 Å². The van der Waals surface area contributed by atoms with Crippen molar-refractivity contribution >= 4 is 23.2 Å². The SMILES string of the molecule is CC(=O)Nc1ccc(NC(=O)C2(C)CCNC2)cc1. The molecular weight excluding hydrogens is 242 g/mol. The number of benzene rings is 1. The Kier molecular flexibility index (Phi) is 3.85. The molecule has 19 heavy (non-hydrogen) atoms. The minimum atomic E-state index is -0.337. The molecule has 1 saturated heterocycles. The van der Waals surface area contributed by atoms with Gasteiger partial charge >= 0.3 is 0 Å². The third-order valence-electron chi connectivity index (χ3n) is 3.38. The van der Waals surface area contributed by atoms with E-state index in [1.165, 1.54) is 6.92 Å². The molecule has 0 aromatic heterocycles. The molecule has 102 valence electrons. The molecule has 1 unspecified atom stereocenters. The van der Waals surface area contributed by atoms with Crippen molar-refractivity contribution in [3.63, 3.8) is 0 Å². The summed E-state index contributed by atoms with van der Waals surface area (Å²) in [5.74, 6) is -0.0777. The highest BCUT2D eigenvalue weighted by Crippen LogP contribution is 2.26. The number of anilines is 2. The lowest BCUT2D eigenvalue weighted by Crippen LogP contribution is -2.35. The summed E-state index contributed by atoms with van der Waals surface area (Å²) in [6.45, 7) is 5.02. The van der Waals surface area contributed by atoms with Gasteiger partial charge in [0.15, 0.2) is 0 Å². The first-order valence-electron chi connectivity index (χ1n) is 6.39. The molecule has 1 atom stereocenters. The maximum Gasteiger partial charge on any atom is 0.231 e. The summed E-state index contributed by atoms with van der Waals surface area (Å²) < 4.78 is 0. The molecule has 1 aromatic carbocycles. The summed E-state index contributed by atoms with van der Waals surface area (Å²) in [6.07, 6.45) is 0.850. The van der Waals surface area contributed by atoms with Crippen molar-refractivity contribution in [2.45, 2.75) is 20.3 Å². The Balaban J connectivity index is 1.99. The fourth-order valence-electron chi connectivity index (χ4n) is 2.13. The van der Waals surface area contributed by atoms with E-state index < -0.39 is 0 Å². The monoisotopic (exact) mass is 261 g/mol. The van der Waals surface area contributed by atoms with E-state index in [4.69, 9.17) is 0 Å². The highest BCUT2D eigenvalue weighted by molar-refractivity contribution is 5.96. The number of hydrogen-bond acceptors (Lipinski definition) is 3. The summed E-state index contributed by atoms with van der Waals surface area (Å²) in [5, 5.41) is 8.80. The van der Waals surface area contributed by atoms with Gasteiger partial charge in [0.05, 0.1) is 5.41 Å². The van der Waals surface area contributed by atoms with Crippen molar-refractivity contribution in [3.8, 4) is 0 Å². The summed E-state index contributed by atoms with van der Waals surface area (Å²) in [6, 6.07) is 7.11. The molecule has 0 radical (unpaired) electrons. The van der Waals surface area contributed by atoms with Crippen LogP contribution in [0.5, 0.6) is 0 Å². The van der Waals surface area contributed by atoms with Crippen LogP contribution in [0.4, 0.5) is 11.4 Å². The molecule has 1 aliphatic heterocycles. The zero-order valence-corrected chi connectivity index (χ0v) is 11.2. The number of carbonyl (C=O) groups excluding carboxylic acids is 2. The van der Waals surface area contributed by atoms with Crippen molar-refractivity contribution in [3.05, 3.63) is 24.3 Å². The minimum absolute atomic E-state index is 0.0322. The van der Waals surface area contributed by atoms with Gasteiger partial charge in [-0.3, -0.25) is 9.59 Å². The molecule has 2 rings (SSSR count). The molecule has 1 aromatic rings. The van der Waals surface area contributed by atoms with Gasteiger partial charge in [-0.2, -0.15) is 0 Å². The van der Waals surface area contributed by atoms with Crippen LogP contribution in [0.25, 0.3) is 0 Å². The van der Waals surface area contributed by atoms with Crippen LogP contribution in [-0.4, -0.2) is 24.9 Å². The van der Waals surface area contributed by atoms with Gasteiger partial charge in [0.25, 0.3) is 0 Å². The summed E-state index contributed by atoms with van der Waals surface area (Å²) >= 11 is 0. The fraction of sp³-hybridized carbons (Fsp3) is 0.429. The van der Waals surface area contributed by atoms with Crippen molar-refractivity contribution < 1.29 is 9.59 Å². The Hall–Kier alpha value is -1.88. The average Bonchev–Trinajstić information content (AvgIpc) is 2.79. The number of amides is 2. The highest BCUT2D eigenvalue weighted by Gasteiger charge is 2.36. The standard InChI is InChI=1S/C14H19N3O2/c1-10(18)16-11-3-5-12(6-4-11)17-13(19)14(2)7-8-15-9-14/h3-6,15H,7-9H2,1-2H3,(H,16,18)(H,17,19). The zero-order valence-electron chi connectivity index (χ0n) is 11.2. The van der Waals surface area contributed by atoms with Crippen molar-refractivity contribution in [2.75, 3.05) is 23.7 Å². The molecule has 2 amide bonds. The first kappa shape index (κ1) is 13.5. The van der Waals surface area contributed by atoms with E-state index in [1.807, 2.05) is 6.92 Å². The number of nitrogens with one attached hydrogen (secondary N) is 3. The second-order valence-electron chi connectivity index (χ2n) is 5.20. The second-order valence-corrected chi connectivity index (χ2v) is 5.20. The lowest BCUT2D eigenvalue weighted by atomic mass is 9.89. The Morgan fingerprint density at radius 1 is 1.16 bits per heavy atom. The van der Waals surface area contributed by atoms with E-state index in [9.17, 15) is 9.59 Å². The molecule has 3 N–H and O–H groups in total. The smallest absolute Gasteiger partial charge is 0.231 e. The predicted molar refractivity (Wildman–Crippen MR) is 75.0 cm³/mol. The molecule has 0 aliphatic carbocycles. The van der Waals surface area contributed by atoms with Gasteiger partial charge in [-0.15, -0.1) is 0 Å². The van der Waals surface area contributed by atoms with Gasteiger partial charge in [0, 0.05) is 24.8 Å². The molecular formula is C14H19N3O2. The van der Waals surface area contributed by atoms with Crippen LogP contribution in [0.15, 0.2) is 24.3 Å². The molecule has 1 aliphatic rings. The van der Waals surface area contributed by atoms with E-state index in [0.717, 1.165) is 24.3 Å². The maximum absolute atomic E-state index is 12.2. The second kappa shape index (κ2) is 5.40. The molecule has 0 saturated carbocycles. The van der Waals surface area contributed by atoms with Crippen LogP contribution < -0.4 is 16.0 Å². The predicted octanol–water partition coefficient (Wildman–Crippen LogP) is 1.58. The molecule has 0 bridgehead atoms. The zero-order chi connectivity index (χ0) is 13.9. The van der Waals surface area contributed by atoms with Gasteiger partial charge in [0.2, 0.25) is 11.8 Å². The van der Waals surface area contributed by atoms with Crippen LogP contribution in [0.2, 0.25) is 0 Å². The fourth-order valence-corrected chi connectivity index (χ4v) is 2.13. The molecule has 5 nitrogen and oxygen atoms in total. The highest BCUT2D eigenvalue weighted by atomic mass is 16.2. The number of carbonyl (C=O) groups is 2. The lowest BCUT2D eigenvalue weighted by Gasteiger charge is -2.21. The Bertz CT molecular complexity index is 476. The van der Waals surface area contributed by atoms with E-state index in [2.05, 4.69) is 16.0 Å². The largest absolute Gasteiger partial charge is 0.326 e. The van der Waals surface area contributed by atoms with E-state index in [0.29, 0.717) is 6.54 Å². The quantitative estimate of drug-likeness (QED) is 0.773. The maximum atomic E-state index is 12.2. The topological polar surface area (TPSA) is 70.2 Å². The van der Waals surface area contributed by atoms with Crippen LogP contribution in [0, 0.1) is 5.41 Å². The first-order valence-corrected chi connectivity index (χ1v) is 6.39. The third-order valence-corrected chi connectivity index (χ3v) is 3.38. The average molecular weight is 261 g/mol. The van der Waals surface area contributed by atoms with Gasteiger partial charge < -0.3 is 16.0 Å². The molecule has 0 spiro atoms. The van der Waals surface area contributed by atoms with Gasteiger partial charge in [-0.25, -0.2) is 0 Å². The number of hydrogen-bond donors (Lipinski definition) is 3. The van der Waals surface area contributed by atoms with Crippen LogP contribution in [-0.2, 0) is 9.59 Å². The van der Waals surface area contributed by atoms with E-state index in [1.54, 1.807) is 24.3 Å². The van der Waals surface area contributed by atoms with Crippen molar-refractivity contribution in [1.82, 2.24) is 5.32 Å². The Morgan fingerprint density at radius 2 is 1.74 bits per heavy atom. The number of rotatable bonds is 3. The van der Waals surface area contributed by atoms with Crippen molar-refractivity contribution in [2.24, 2.45) is 5.41 Å². The lowest BCUT2D eigenvalue weighted by molar-refractivity contribution is -0.123. The van der Waals surface area contributed by atoms with Gasteiger partial charge in [0.1, 0.15) is 0 Å². The molecule has 5 heteroatoms. The Labute approximate surface area is 112 Å². The minimum Gasteiger partial charge on any atom is -0.326 e. The van der Waals surface area contributed by atoms with Crippen LogP contribution >= 0.6 is 0 Å². The van der Waals surface area contributed by atoms with Gasteiger partial charge in [-0.05, 0) is 44.2 Å². The first-order chi connectivity index (χ1) is 8.99. The van der Waals surface area contributed by atoms with E-state index >= 15 is 0 Å². The molecule has 1 fully saturated rings. The van der Waals surface area contributed by atoms with Crippen LogP contribution in [0.1, 0.15) is 20.3 Å². The summed E-state index contributed by atoms with van der Waals surface area (Å²) in [4.78, 5) is 23.1. The Morgan fingerprint density at radius 3 is 2.21 bits per heavy atom. The molecule has 1 heterocycles. The summed E-state index contributed by atoms with van der Waals surface area (Å²) in [7, 11) is 0. The van der Waals surface area contributed by atoms with Crippen LogP contribution in [0.3, 0.4) is 0 Å². The van der Waals surface area contributed by atoms with E-state index in [-0.39, 0.29) is 17.2 Å². The third kappa shape index (κ3) is 3.32. The van der Waals surface area contributed by atoms with Crippen molar-refractivity contribution in [1.29, 1.82) is 0 Å². The normalized spacial score (nSPS) is 22.0. The summed E-state index contributed by atoms with van der Waals surface area (Å²) in [5.41, 5.74) is 1.13.